The summed E-state index contributed by atoms with van der Waals surface area (Å²) in [5.41, 5.74) is 2.57. The van der Waals surface area contributed by atoms with Gasteiger partial charge in [0.15, 0.2) is 0 Å². The fraction of sp³-hybridized carbons (Fsp3) is 0.407. The Morgan fingerprint density at radius 3 is 2.53 bits per heavy atom. The Balaban J connectivity index is 1.51. The zero-order chi connectivity index (χ0) is 23.5. The molecule has 6 nitrogen and oxygen atoms in total. The number of rotatable bonds is 8. The molecule has 2 aromatic carbocycles. The van der Waals surface area contributed by atoms with Crippen LogP contribution in [-0.4, -0.2) is 39.8 Å². The van der Waals surface area contributed by atoms with Crippen molar-refractivity contribution in [2.24, 2.45) is 13.0 Å². The van der Waals surface area contributed by atoms with Crippen molar-refractivity contribution in [3.63, 3.8) is 0 Å². The number of carbonyl (C=O) groups excluding carboxylic acids is 1. The molecule has 0 unspecified atom stereocenters. The van der Waals surface area contributed by atoms with Crippen LogP contribution in [0.25, 0.3) is 11.3 Å². The molecule has 2 aliphatic rings. The van der Waals surface area contributed by atoms with Gasteiger partial charge in [-0.2, -0.15) is 5.10 Å². The monoisotopic (exact) mass is 463 g/mol. The summed E-state index contributed by atoms with van der Waals surface area (Å²) in [4.78, 5) is 15.4. The first-order valence-corrected chi connectivity index (χ1v) is 12.0. The number of aryl methyl sites for hydroxylation is 1. The standard InChI is InChI=1S/C27H30FN3O3/c1-30-27(34-22-14-12-21(28)13-15-22)24(25(29-30)19-7-3-2-4-8-19)18-31(17-23-11-6-16-33-23)26(32)20-9-5-10-20/h2-4,7-8,12-15,20,23H,5-6,9-11,16-18H2,1H3/t23-/m0/s1. The second-order valence-corrected chi connectivity index (χ2v) is 9.16. The van der Waals surface area contributed by atoms with Crippen molar-refractivity contribution in [3.05, 3.63) is 66.0 Å². The molecule has 34 heavy (non-hydrogen) atoms. The van der Waals surface area contributed by atoms with E-state index in [4.69, 9.17) is 14.6 Å². The number of hydrogen-bond acceptors (Lipinski definition) is 4. The predicted octanol–water partition coefficient (Wildman–Crippen LogP) is 5.33. The Bertz CT molecular complexity index is 1120. The van der Waals surface area contributed by atoms with E-state index in [9.17, 15) is 9.18 Å². The topological polar surface area (TPSA) is 56.6 Å². The number of benzene rings is 2. The van der Waals surface area contributed by atoms with Gasteiger partial charge in [-0.15, -0.1) is 0 Å². The molecule has 0 bridgehead atoms. The number of carbonyl (C=O) groups is 1. The van der Waals surface area contributed by atoms with Crippen LogP contribution in [0.4, 0.5) is 4.39 Å². The molecule has 1 amide bonds. The molecule has 2 fully saturated rings. The van der Waals surface area contributed by atoms with Crippen LogP contribution in [0.2, 0.25) is 0 Å². The average Bonchev–Trinajstić information content (AvgIpc) is 3.43. The van der Waals surface area contributed by atoms with Crippen LogP contribution in [0.5, 0.6) is 11.6 Å². The molecule has 178 valence electrons. The number of amides is 1. The van der Waals surface area contributed by atoms with Gasteiger partial charge in [-0.05, 0) is 49.9 Å². The SMILES string of the molecule is Cn1nc(-c2ccccc2)c(CN(C[C@@H]2CCCO2)C(=O)C2CCC2)c1Oc1ccc(F)cc1. The van der Waals surface area contributed by atoms with Gasteiger partial charge in [-0.3, -0.25) is 4.79 Å². The van der Waals surface area contributed by atoms with E-state index in [0.29, 0.717) is 24.7 Å². The molecule has 1 saturated carbocycles. The van der Waals surface area contributed by atoms with E-state index in [1.807, 2.05) is 42.3 Å². The van der Waals surface area contributed by atoms with Crippen molar-refractivity contribution in [1.29, 1.82) is 0 Å². The van der Waals surface area contributed by atoms with Crippen LogP contribution in [0.3, 0.4) is 0 Å². The van der Waals surface area contributed by atoms with E-state index in [1.165, 1.54) is 12.1 Å². The normalized spacial score (nSPS) is 18.0. The molecule has 1 aliphatic carbocycles. The Kier molecular flexibility index (Phi) is 6.63. The van der Waals surface area contributed by atoms with Crippen LogP contribution >= 0.6 is 0 Å². The summed E-state index contributed by atoms with van der Waals surface area (Å²) < 4.78 is 27.2. The van der Waals surface area contributed by atoms with Crippen LogP contribution in [0.1, 0.15) is 37.7 Å². The second-order valence-electron chi connectivity index (χ2n) is 9.16. The highest BCUT2D eigenvalue weighted by Gasteiger charge is 2.33. The Labute approximate surface area is 199 Å². The van der Waals surface area contributed by atoms with Gasteiger partial charge in [0.05, 0.1) is 18.2 Å². The van der Waals surface area contributed by atoms with Crippen molar-refractivity contribution in [1.82, 2.24) is 14.7 Å². The number of halogens is 1. The maximum atomic E-state index is 13.4. The van der Waals surface area contributed by atoms with E-state index < -0.39 is 0 Å². The number of ether oxygens (including phenoxy) is 2. The van der Waals surface area contributed by atoms with Crippen molar-refractivity contribution in [2.45, 2.75) is 44.8 Å². The van der Waals surface area contributed by atoms with Gasteiger partial charge in [-0.1, -0.05) is 36.8 Å². The largest absolute Gasteiger partial charge is 0.439 e. The molecular formula is C27H30FN3O3. The summed E-state index contributed by atoms with van der Waals surface area (Å²) >= 11 is 0. The van der Waals surface area contributed by atoms with Gasteiger partial charge in [0.25, 0.3) is 0 Å². The number of hydrogen-bond donors (Lipinski definition) is 0. The van der Waals surface area contributed by atoms with Crippen LogP contribution in [0, 0.1) is 11.7 Å². The fourth-order valence-electron chi connectivity index (χ4n) is 4.64. The molecule has 0 radical (unpaired) electrons. The highest BCUT2D eigenvalue weighted by atomic mass is 19.1. The zero-order valence-corrected chi connectivity index (χ0v) is 19.5. The third-order valence-electron chi connectivity index (χ3n) is 6.73. The highest BCUT2D eigenvalue weighted by molar-refractivity contribution is 5.80. The van der Waals surface area contributed by atoms with Gasteiger partial charge in [0.2, 0.25) is 11.8 Å². The van der Waals surface area contributed by atoms with E-state index in [2.05, 4.69) is 0 Å². The van der Waals surface area contributed by atoms with Crippen molar-refractivity contribution < 1.29 is 18.7 Å². The third kappa shape index (κ3) is 4.85. The molecule has 7 heteroatoms. The molecule has 1 atom stereocenters. The third-order valence-corrected chi connectivity index (χ3v) is 6.73. The molecular weight excluding hydrogens is 433 g/mol. The molecule has 1 aliphatic heterocycles. The summed E-state index contributed by atoms with van der Waals surface area (Å²) in [7, 11) is 1.83. The van der Waals surface area contributed by atoms with E-state index >= 15 is 0 Å². The lowest BCUT2D eigenvalue weighted by atomic mass is 9.84. The minimum Gasteiger partial charge on any atom is -0.439 e. The fourth-order valence-corrected chi connectivity index (χ4v) is 4.64. The Morgan fingerprint density at radius 1 is 1.12 bits per heavy atom. The molecule has 0 N–H and O–H groups in total. The van der Waals surface area contributed by atoms with Gasteiger partial charge in [0.1, 0.15) is 17.3 Å². The van der Waals surface area contributed by atoms with Gasteiger partial charge in [0, 0.05) is 31.7 Å². The molecule has 2 heterocycles. The number of aromatic nitrogens is 2. The Morgan fingerprint density at radius 2 is 1.88 bits per heavy atom. The zero-order valence-electron chi connectivity index (χ0n) is 19.5. The minimum atomic E-state index is -0.323. The molecule has 3 aromatic rings. The van der Waals surface area contributed by atoms with Crippen molar-refractivity contribution in [3.8, 4) is 22.9 Å². The lowest BCUT2D eigenvalue weighted by molar-refractivity contribution is -0.140. The minimum absolute atomic E-state index is 0.0577. The van der Waals surface area contributed by atoms with E-state index in [-0.39, 0.29) is 23.7 Å². The Hall–Kier alpha value is -3.19. The van der Waals surface area contributed by atoms with Gasteiger partial charge in [-0.25, -0.2) is 9.07 Å². The lowest BCUT2D eigenvalue weighted by Gasteiger charge is -2.33. The smallest absolute Gasteiger partial charge is 0.226 e. The summed E-state index contributed by atoms with van der Waals surface area (Å²) in [6.45, 7) is 1.69. The van der Waals surface area contributed by atoms with Crippen molar-refractivity contribution >= 4 is 5.91 Å². The van der Waals surface area contributed by atoms with E-state index in [1.54, 1.807) is 16.8 Å². The first-order valence-electron chi connectivity index (χ1n) is 12.0. The second kappa shape index (κ2) is 9.97. The average molecular weight is 464 g/mol. The highest BCUT2D eigenvalue weighted by Crippen LogP contribution is 2.36. The first-order chi connectivity index (χ1) is 16.6. The van der Waals surface area contributed by atoms with Gasteiger partial charge >= 0.3 is 0 Å². The maximum Gasteiger partial charge on any atom is 0.226 e. The quantitative estimate of drug-likeness (QED) is 0.453. The molecule has 5 rings (SSSR count). The van der Waals surface area contributed by atoms with Crippen molar-refractivity contribution in [2.75, 3.05) is 13.2 Å². The maximum absolute atomic E-state index is 13.4. The van der Waals surface area contributed by atoms with Crippen LogP contribution in [0.15, 0.2) is 54.6 Å². The van der Waals surface area contributed by atoms with Crippen LogP contribution in [-0.2, 0) is 23.1 Å². The summed E-state index contributed by atoms with van der Waals surface area (Å²) in [6.07, 6.45) is 5.04. The molecule has 0 spiro atoms. The molecule has 1 saturated heterocycles. The lowest BCUT2D eigenvalue weighted by Crippen LogP contribution is -2.42. The summed E-state index contributed by atoms with van der Waals surface area (Å²) in [6, 6.07) is 15.8. The molecule has 1 aromatic heterocycles. The number of nitrogens with zero attached hydrogens (tertiary/aromatic N) is 3. The van der Waals surface area contributed by atoms with E-state index in [0.717, 1.165) is 55.5 Å². The summed E-state index contributed by atoms with van der Waals surface area (Å²) in [5.74, 6) is 0.999. The predicted molar refractivity (Wildman–Crippen MR) is 127 cm³/mol. The van der Waals surface area contributed by atoms with Gasteiger partial charge < -0.3 is 14.4 Å². The summed E-state index contributed by atoms with van der Waals surface area (Å²) in [5, 5.41) is 4.77. The van der Waals surface area contributed by atoms with Crippen LogP contribution < -0.4 is 4.74 Å². The first kappa shape index (κ1) is 22.6.